The Kier molecular flexibility index (Phi) is 4.63. The molecular weight excluding hydrogens is 290 g/mol. The maximum atomic E-state index is 6.05. The highest BCUT2D eigenvalue weighted by molar-refractivity contribution is 6.16. The van der Waals surface area contributed by atoms with Crippen LogP contribution < -0.4 is 4.74 Å². The highest BCUT2D eigenvalue weighted by Gasteiger charge is 2.14. The number of hydrogen-bond acceptors (Lipinski definition) is 4. The normalized spacial score (nSPS) is 16.5. The summed E-state index contributed by atoms with van der Waals surface area (Å²) in [5, 5.41) is 0. The van der Waals surface area contributed by atoms with Crippen molar-refractivity contribution in [2.24, 2.45) is 0 Å². The molecule has 0 amide bonds. The van der Waals surface area contributed by atoms with E-state index in [1.54, 1.807) is 7.11 Å². The predicted molar refractivity (Wildman–Crippen MR) is 83.1 cm³/mol. The molecule has 1 saturated heterocycles. The van der Waals surface area contributed by atoms with Gasteiger partial charge in [-0.25, -0.2) is 4.98 Å². The first-order chi connectivity index (χ1) is 10.3. The average Bonchev–Trinajstić information content (AvgIpc) is 2.90. The van der Waals surface area contributed by atoms with E-state index in [1.807, 2.05) is 18.2 Å². The highest BCUT2D eigenvalue weighted by atomic mass is 35.5. The number of aromatic nitrogens is 2. The van der Waals surface area contributed by atoms with Gasteiger partial charge in [0.1, 0.15) is 11.6 Å². The number of ether oxygens (including phenoxy) is 2. The minimum absolute atomic E-state index is 0.417. The molecule has 1 aliphatic heterocycles. The summed E-state index contributed by atoms with van der Waals surface area (Å²) < 4.78 is 12.9. The molecule has 6 heteroatoms. The number of imidazole rings is 1. The number of morpholine rings is 1. The lowest BCUT2D eigenvalue weighted by Crippen LogP contribution is -2.38. The summed E-state index contributed by atoms with van der Waals surface area (Å²) in [6, 6.07) is 5.94. The monoisotopic (exact) mass is 309 g/mol. The molecule has 1 aromatic carbocycles. The Balaban J connectivity index is 1.84. The zero-order chi connectivity index (χ0) is 14.7. The van der Waals surface area contributed by atoms with Crippen molar-refractivity contribution in [3.8, 4) is 5.75 Å². The maximum absolute atomic E-state index is 6.05. The fourth-order valence-corrected chi connectivity index (χ4v) is 2.90. The van der Waals surface area contributed by atoms with Gasteiger partial charge in [-0.2, -0.15) is 0 Å². The van der Waals surface area contributed by atoms with Gasteiger partial charge in [0.2, 0.25) is 0 Å². The number of benzene rings is 1. The molecule has 2 aromatic rings. The lowest BCUT2D eigenvalue weighted by atomic mass is 10.3. The second-order valence-corrected chi connectivity index (χ2v) is 5.39. The molecule has 0 N–H and O–H groups in total. The fourth-order valence-electron chi connectivity index (χ4n) is 2.70. The maximum Gasteiger partial charge on any atom is 0.124 e. The minimum Gasteiger partial charge on any atom is -0.497 e. The van der Waals surface area contributed by atoms with Crippen LogP contribution in [0.15, 0.2) is 18.2 Å². The quantitative estimate of drug-likeness (QED) is 0.793. The summed E-state index contributed by atoms with van der Waals surface area (Å²) in [7, 11) is 1.68. The first kappa shape index (κ1) is 14.6. The Morgan fingerprint density at radius 3 is 2.81 bits per heavy atom. The van der Waals surface area contributed by atoms with E-state index in [9.17, 15) is 0 Å². The van der Waals surface area contributed by atoms with Crippen LogP contribution in [0.3, 0.4) is 0 Å². The number of nitrogens with zero attached hydrogens (tertiary/aromatic N) is 3. The van der Waals surface area contributed by atoms with Crippen molar-refractivity contribution in [2.45, 2.75) is 12.4 Å². The second-order valence-electron chi connectivity index (χ2n) is 5.12. The van der Waals surface area contributed by atoms with Gasteiger partial charge in [0.05, 0.1) is 37.2 Å². The van der Waals surface area contributed by atoms with E-state index < -0.39 is 0 Å². The van der Waals surface area contributed by atoms with Crippen LogP contribution in [-0.4, -0.2) is 54.4 Å². The van der Waals surface area contributed by atoms with E-state index in [0.29, 0.717) is 5.88 Å². The number of rotatable bonds is 5. The number of halogens is 1. The molecule has 5 nitrogen and oxygen atoms in total. The van der Waals surface area contributed by atoms with E-state index in [1.165, 1.54) is 0 Å². The summed E-state index contributed by atoms with van der Waals surface area (Å²) in [6.45, 7) is 5.49. The second kappa shape index (κ2) is 6.64. The van der Waals surface area contributed by atoms with Crippen molar-refractivity contribution in [1.82, 2.24) is 14.5 Å². The first-order valence-corrected chi connectivity index (χ1v) is 7.74. The van der Waals surface area contributed by atoms with Crippen molar-refractivity contribution >= 4 is 22.6 Å². The highest BCUT2D eigenvalue weighted by Crippen LogP contribution is 2.23. The van der Waals surface area contributed by atoms with Gasteiger partial charge in [-0.1, -0.05) is 0 Å². The van der Waals surface area contributed by atoms with Gasteiger partial charge in [-0.05, 0) is 12.1 Å². The molecule has 0 bridgehead atoms. The molecule has 1 fully saturated rings. The summed E-state index contributed by atoms with van der Waals surface area (Å²) in [5.41, 5.74) is 2.05. The molecule has 21 heavy (non-hydrogen) atoms. The van der Waals surface area contributed by atoms with Crippen molar-refractivity contribution in [3.63, 3.8) is 0 Å². The number of hydrogen-bond donors (Lipinski definition) is 0. The molecule has 2 heterocycles. The summed E-state index contributed by atoms with van der Waals surface area (Å²) in [5.74, 6) is 2.17. The zero-order valence-corrected chi connectivity index (χ0v) is 13.0. The Hall–Kier alpha value is -1.30. The van der Waals surface area contributed by atoms with E-state index in [2.05, 4.69) is 14.5 Å². The van der Waals surface area contributed by atoms with E-state index in [4.69, 9.17) is 21.1 Å². The topological polar surface area (TPSA) is 39.5 Å². The lowest BCUT2D eigenvalue weighted by molar-refractivity contribution is 0.0364. The molecule has 1 aliphatic rings. The number of alkyl halides is 1. The lowest BCUT2D eigenvalue weighted by Gasteiger charge is -2.26. The van der Waals surface area contributed by atoms with Crippen LogP contribution in [0.1, 0.15) is 5.82 Å². The van der Waals surface area contributed by atoms with E-state index in [0.717, 1.165) is 62.0 Å². The van der Waals surface area contributed by atoms with Crippen LogP contribution in [-0.2, 0) is 17.2 Å². The van der Waals surface area contributed by atoms with Crippen molar-refractivity contribution in [1.29, 1.82) is 0 Å². The molecule has 0 saturated carbocycles. The summed E-state index contributed by atoms with van der Waals surface area (Å²) >= 11 is 6.05. The summed E-state index contributed by atoms with van der Waals surface area (Å²) in [4.78, 5) is 7.01. The van der Waals surface area contributed by atoms with Crippen LogP contribution in [0.25, 0.3) is 11.0 Å². The summed E-state index contributed by atoms with van der Waals surface area (Å²) in [6.07, 6.45) is 0. The third-order valence-electron chi connectivity index (χ3n) is 3.90. The van der Waals surface area contributed by atoms with E-state index >= 15 is 0 Å². The minimum atomic E-state index is 0.417. The van der Waals surface area contributed by atoms with Crippen molar-refractivity contribution in [2.75, 3.05) is 40.0 Å². The van der Waals surface area contributed by atoms with Crippen molar-refractivity contribution in [3.05, 3.63) is 24.0 Å². The SMILES string of the molecule is COc1ccc2nc(CCl)n(CCN3CCOCC3)c2c1. The zero-order valence-electron chi connectivity index (χ0n) is 12.2. The number of methoxy groups -OCH3 is 1. The Morgan fingerprint density at radius 2 is 2.10 bits per heavy atom. The molecule has 1 aromatic heterocycles. The van der Waals surface area contributed by atoms with Crippen LogP contribution in [0.4, 0.5) is 0 Å². The van der Waals surface area contributed by atoms with Crippen molar-refractivity contribution < 1.29 is 9.47 Å². The first-order valence-electron chi connectivity index (χ1n) is 7.21. The molecule has 0 radical (unpaired) electrons. The fraction of sp³-hybridized carbons (Fsp3) is 0.533. The van der Waals surface area contributed by atoms with Gasteiger partial charge in [0, 0.05) is 32.2 Å². The van der Waals surface area contributed by atoms with Gasteiger partial charge >= 0.3 is 0 Å². The molecular formula is C15H20ClN3O2. The Labute approximate surface area is 129 Å². The molecule has 0 spiro atoms. The largest absolute Gasteiger partial charge is 0.497 e. The molecule has 0 unspecified atom stereocenters. The van der Waals surface area contributed by atoms with Gasteiger partial charge in [0.15, 0.2) is 0 Å². The predicted octanol–water partition coefficient (Wildman–Crippen LogP) is 2.12. The standard InChI is InChI=1S/C15H20ClN3O2/c1-20-12-2-3-13-14(10-12)19(15(11-16)17-13)5-4-18-6-8-21-9-7-18/h2-3,10H,4-9,11H2,1H3. The molecule has 114 valence electrons. The van der Waals surface area contributed by atoms with E-state index in [-0.39, 0.29) is 0 Å². The van der Waals surface area contributed by atoms with Gasteiger partial charge < -0.3 is 14.0 Å². The smallest absolute Gasteiger partial charge is 0.124 e. The molecule has 0 aliphatic carbocycles. The average molecular weight is 310 g/mol. The van der Waals surface area contributed by atoms with Crippen LogP contribution in [0.5, 0.6) is 5.75 Å². The van der Waals surface area contributed by atoms with Gasteiger partial charge in [-0.3, -0.25) is 4.90 Å². The van der Waals surface area contributed by atoms with Crippen LogP contribution >= 0.6 is 11.6 Å². The number of fused-ring (bicyclic) bond motifs is 1. The third kappa shape index (κ3) is 3.15. The van der Waals surface area contributed by atoms with Gasteiger partial charge in [0.25, 0.3) is 0 Å². The molecule has 3 rings (SSSR count). The van der Waals surface area contributed by atoms with Gasteiger partial charge in [-0.15, -0.1) is 11.6 Å². The Morgan fingerprint density at radius 1 is 1.29 bits per heavy atom. The molecule has 0 atom stereocenters. The third-order valence-corrected chi connectivity index (χ3v) is 4.14. The van der Waals surface area contributed by atoms with Crippen LogP contribution in [0, 0.1) is 0 Å². The van der Waals surface area contributed by atoms with Crippen LogP contribution in [0.2, 0.25) is 0 Å². The Bertz CT molecular complexity index is 608.